The molecule has 1 atom stereocenters. The van der Waals surface area contributed by atoms with Gasteiger partial charge in [-0.2, -0.15) is 4.98 Å². The third-order valence-corrected chi connectivity index (χ3v) is 6.15. The average molecular weight is 498 g/mol. The van der Waals surface area contributed by atoms with Gasteiger partial charge in [0.05, 0.1) is 26.9 Å². The monoisotopic (exact) mass is 497 g/mol. The Morgan fingerprint density at radius 1 is 0.892 bits per heavy atom. The number of ether oxygens (including phenoxy) is 3. The molecule has 2 N–H and O–H groups in total. The van der Waals surface area contributed by atoms with Crippen LogP contribution in [0.2, 0.25) is 0 Å². The number of benzene rings is 3. The van der Waals surface area contributed by atoms with E-state index in [0.717, 1.165) is 11.1 Å². The van der Waals surface area contributed by atoms with Gasteiger partial charge in [0.25, 0.3) is 5.91 Å². The molecule has 37 heavy (non-hydrogen) atoms. The first kappa shape index (κ1) is 23.9. The molecule has 2 heterocycles. The summed E-state index contributed by atoms with van der Waals surface area (Å²) in [5, 5.41) is 11.1. The number of allylic oxidation sites excluding steroid dienone is 1. The molecule has 0 spiro atoms. The van der Waals surface area contributed by atoms with Gasteiger partial charge in [0.1, 0.15) is 23.3 Å². The zero-order chi connectivity index (χ0) is 25.9. The Bertz CT molecular complexity index is 1460. The van der Waals surface area contributed by atoms with E-state index in [9.17, 15) is 4.79 Å². The van der Waals surface area contributed by atoms with Crippen LogP contribution in [-0.4, -0.2) is 42.0 Å². The van der Waals surface area contributed by atoms with Gasteiger partial charge in [-0.3, -0.25) is 4.79 Å². The molecule has 1 unspecified atom stereocenters. The van der Waals surface area contributed by atoms with Gasteiger partial charge in [0.2, 0.25) is 5.95 Å². The Morgan fingerprint density at radius 2 is 1.59 bits per heavy atom. The van der Waals surface area contributed by atoms with Gasteiger partial charge < -0.3 is 24.8 Å². The molecule has 0 bridgehead atoms. The normalized spacial score (nSPS) is 14.4. The van der Waals surface area contributed by atoms with Gasteiger partial charge in [-0.05, 0) is 48.9 Å². The maximum atomic E-state index is 13.6. The second-order valence-electron chi connectivity index (χ2n) is 8.47. The second-order valence-corrected chi connectivity index (χ2v) is 8.47. The zero-order valence-corrected chi connectivity index (χ0v) is 21.0. The molecule has 188 valence electrons. The summed E-state index contributed by atoms with van der Waals surface area (Å²) < 4.78 is 18.0. The van der Waals surface area contributed by atoms with Crippen LogP contribution < -0.4 is 24.8 Å². The molecule has 0 saturated heterocycles. The van der Waals surface area contributed by atoms with E-state index in [1.54, 1.807) is 32.1 Å². The van der Waals surface area contributed by atoms with Gasteiger partial charge >= 0.3 is 0 Å². The van der Waals surface area contributed by atoms with Crippen molar-refractivity contribution in [3.05, 3.63) is 89.6 Å². The number of fused-ring (bicyclic) bond motifs is 1. The summed E-state index contributed by atoms with van der Waals surface area (Å²) in [7, 11) is 4.80. The van der Waals surface area contributed by atoms with Crippen LogP contribution in [0.5, 0.6) is 17.2 Å². The van der Waals surface area contributed by atoms with Gasteiger partial charge in [-0.15, -0.1) is 5.10 Å². The van der Waals surface area contributed by atoms with Gasteiger partial charge in [-0.1, -0.05) is 30.3 Å². The highest BCUT2D eigenvalue weighted by Gasteiger charge is 2.35. The summed E-state index contributed by atoms with van der Waals surface area (Å²) in [6.45, 7) is 1.86. The van der Waals surface area contributed by atoms with E-state index in [0.29, 0.717) is 46.0 Å². The van der Waals surface area contributed by atoms with E-state index in [2.05, 4.69) is 10.6 Å². The lowest BCUT2D eigenvalue weighted by molar-refractivity contribution is -0.113. The lowest BCUT2D eigenvalue weighted by Crippen LogP contribution is -2.31. The Hall–Kier alpha value is -4.79. The molecule has 0 fully saturated rings. The van der Waals surface area contributed by atoms with Crippen molar-refractivity contribution in [3.8, 4) is 28.6 Å². The largest absolute Gasteiger partial charge is 0.497 e. The minimum atomic E-state index is -0.552. The molecule has 3 aromatic carbocycles. The molecule has 0 saturated carbocycles. The summed E-state index contributed by atoms with van der Waals surface area (Å²) >= 11 is 0. The van der Waals surface area contributed by atoms with Crippen LogP contribution in [0.25, 0.3) is 11.4 Å². The van der Waals surface area contributed by atoms with Crippen LogP contribution in [0.4, 0.5) is 11.6 Å². The number of anilines is 2. The Balaban J connectivity index is 1.62. The number of para-hydroxylation sites is 1. The van der Waals surface area contributed by atoms with Crippen LogP contribution in [0.3, 0.4) is 0 Å². The first-order chi connectivity index (χ1) is 18.0. The van der Waals surface area contributed by atoms with Gasteiger partial charge in [0, 0.05) is 23.0 Å². The van der Waals surface area contributed by atoms with E-state index in [1.165, 1.54) is 0 Å². The summed E-state index contributed by atoms with van der Waals surface area (Å²) in [6.07, 6.45) is 0. The third kappa shape index (κ3) is 4.71. The molecule has 1 amide bonds. The Labute approximate surface area is 214 Å². The second kappa shape index (κ2) is 10.1. The highest BCUT2D eigenvalue weighted by molar-refractivity contribution is 6.06. The van der Waals surface area contributed by atoms with Gasteiger partial charge in [0.15, 0.2) is 5.82 Å². The van der Waals surface area contributed by atoms with Crippen molar-refractivity contribution in [2.75, 3.05) is 32.0 Å². The number of carbonyl (C=O) groups is 1. The van der Waals surface area contributed by atoms with Gasteiger partial charge in [-0.25, -0.2) is 4.68 Å². The van der Waals surface area contributed by atoms with Crippen molar-refractivity contribution in [2.45, 2.75) is 13.0 Å². The van der Waals surface area contributed by atoms with Crippen molar-refractivity contribution < 1.29 is 19.0 Å². The number of rotatable bonds is 7. The predicted molar refractivity (Wildman–Crippen MR) is 141 cm³/mol. The maximum absolute atomic E-state index is 13.6. The topological polar surface area (TPSA) is 99.5 Å². The molecule has 0 radical (unpaired) electrons. The minimum Gasteiger partial charge on any atom is -0.497 e. The molecular weight excluding hydrogens is 470 g/mol. The number of nitrogens with zero attached hydrogens (tertiary/aromatic N) is 3. The Kier molecular flexibility index (Phi) is 6.51. The molecule has 9 heteroatoms. The first-order valence-corrected chi connectivity index (χ1v) is 11.7. The highest BCUT2D eigenvalue weighted by atomic mass is 16.5. The molecule has 1 aromatic heterocycles. The molecular formula is C28H27N5O4. The summed E-state index contributed by atoms with van der Waals surface area (Å²) in [6, 6.07) is 21.9. The summed E-state index contributed by atoms with van der Waals surface area (Å²) in [5.41, 5.74) is 3.45. The number of nitrogens with one attached hydrogen (secondary N) is 2. The number of hydrogen-bond acceptors (Lipinski definition) is 7. The third-order valence-electron chi connectivity index (χ3n) is 6.15. The van der Waals surface area contributed by atoms with E-state index in [4.69, 9.17) is 24.3 Å². The van der Waals surface area contributed by atoms with E-state index >= 15 is 0 Å². The maximum Gasteiger partial charge on any atom is 0.255 e. The quantitative estimate of drug-likeness (QED) is 0.375. The fourth-order valence-electron chi connectivity index (χ4n) is 4.34. The summed E-state index contributed by atoms with van der Waals surface area (Å²) in [4.78, 5) is 18.4. The fraction of sp³-hybridized carbons (Fsp3) is 0.179. The smallest absolute Gasteiger partial charge is 0.255 e. The number of hydrogen-bond donors (Lipinski definition) is 2. The lowest BCUT2D eigenvalue weighted by Gasteiger charge is -2.28. The predicted octanol–water partition coefficient (Wildman–Crippen LogP) is 4.90. The number of aromatic nitrogens is 3. The number of methoxy groups -OCH3 is 3. The lowest BCUT2D eigenvalue weighted by atomic mass is 9.95. The van der Waals surface area contributed by atoms with Crippen molar-refractivity contribution >= 4 is 17.5 Å². The molecule has 9 nitrogen and oxygen atoms in total. The molecule has 4 aromatic rings. The first-order valence-electron chi connectivity index (χ1n) is 11.7. The average Bonchev–Trinajstić information content (AvgIpc) is 3.36. The summed E-state index contributed by atoms with van der Waals surface area (Å²) in [5.74, 6) is 2.66. The van der Waals surface area contributed by atoms with Crippen molar-refractivity contribution in [1.29, 1.82) is 0 Å². The molecule has 5 rings (SSSR count). The van der Waals surface area contributed by atoms with Crippen LogP contribution >= 0.6 is 0 Å². The minimum absolute atomic E-state index is 0.241. The molecule has 0 aliphatic carbocycles. The number of amides is 1. The van der Waals surface area contributed by atoms with Crippen molar-refractivity contribution in [3.63, 3.8) is 0 Å². The fourth-order valence-corrected chi connectivity index (χ4v) is 4.34. The number of carbonyl (C=O) groups excluding carboxylic acids is 1. The SMILES string of the molecule is COc1cc(OC)cc(-c2nc3n(n2)C(c2cccc(OC)c2)C(C(=O)Nc2ccccc2)=C(C)N3)c1. The molecule has 1 aliphatic rings. The van der Waals surface area contributed by atoms with Crippen LogP contribution in [-0.2, 0) is 4.79 Å². The standard InChI is InChI=1S/C28H27N5O4/c1-17-24(27(34)30-20-10-6-5-7-11-20)25(18-9-8-12-21(13-18)35-2)33-28(29-17)31-26(32-33)19-14-22(36-3)16-23(15-19)37-4/h5-16,25H,1-4H3,(H,30,34)(H,29,31,32). The highest BCUT2D eigenvalue weighted by Crippen LogP contribution is 2.38. The van der Waals surface area contributed by atoms with Crippen LogP contribution in [0, 0.1) is 0 Å². The van der Waals surface area contributed by atoms with E-state index in [-0.39, 0.29) is 5.91 Å². The Morgan fingerprint density at radius 3 is 2.27 bits per heavy atom. The van der Waals surface area contributed by atoms with E-state index in [1.807, 2.05) is 73.7 Å². The van der Waals surface area contributed by atoms with E-state index < -0.39 is 6.04 Å². The van der Waals surface area contributed by atoms with Crippen LogP contribution in [0.1, 0.15) is 18.5 Å². The zero-order valence-electron chi connectivity index (χ0n) is 21.0. The molecule has 1 aliphatic heterocycles. The van der Waals surface area contributed by atoms with Crippen molar-refractivity contribution in [1.82, 2.24) is 14.8 Å². The van der Waals surface area contributed by atoms with Crippen molar-refractivity contribution in [2.24, 2.45) is 0 Å². The van der Waals surface area contributed by atoms with Crippen LogP contribution in [0.15, 0.2) is 84.1 Å².